The van der Waals surface area contributed by atoms with E-state index >= 15 is 0 Å². The molecule has 3 rings (SSSR count). The van der Waals surface area contributed by atoms with Crippen LogP contribution in [0.3, 0.4) is 0 Å². The largest absolute Gasteiger partial charge is 0.465 e. The number of carbonyl (C=O) groups is 2. The van der Waals surface area contributed by atoms with Gasteiger partial charge in [-0.2, -0.15) is 5.26 Å². The molecule has 7 heteroatoms. The number of amides is 1. The highest BCUT2D eigenvalue weighted by Gasteiger charge is 2.47. The van der Waals surface area contributed by atoms with E-state index in [2.05, 4.69) is 23.3 Å². The predicted molar refractivity (Wildman–Crippen MR) is 118 cm³/mol. The van der Waals surface area contributed by atoms with Crippen molar-refractivity contribution < 1.29 is 14.3 Å². The van der Waals surface area contributed by atoms with E-state index in [1.807, 2.05) is 24.0 Å². The quantitative estimate of drug-likeness (QED) is 0.549. The van der Waals surface area contributed by atoms with Crippen LogP contribution in [0, 0.1) is 23.2 Å². The van der Waals surface area contributed by atoms with Crippen LogP contribution in [0.4, 0.5) is 5.82 Å². The second-order valence-electron chi connectivity index (χ2n) is 8.24. The van der Waals surface area contributed by atoms with E-state index in [1.54, 1.807) is 25.3 Å². The summed E-state index contributed by atoms with van der Waals surface area (Å²) in [5.41, 5.74) is 1.94. The molecule has 1 saturated carbocycles. The lowest BCUT2D eigenvalue weighted by Crippen LogP contribution is -2.54. The number of ether oxygens (including phenoxy) is 1. The van der Waals surface area contributed by atoms with Crippen molar-refractivity contribution in [1.82, 2.24) is 9.88 Å². The van der Waals surface area contributed by atoms with Crippen LogP contribution in [0.2, 0.25) is 0 Å². The maximum atomic E-state index is 12.6. The molecule has 1 aliphatic carbocycles. The zero-order valence-electron chi connectivity index (χ0n) is 18.6. The number of nitrogens with one attached hydrogen (secondary N) is 1. The van der Waals surface area contributed by atoms with Gasteiger partial charge in [0.2, 0.25) is 5.91 Å². The standard InChI is InChI=1S/C24H30N4O3/c1-5-17(14-25)8-11-19-13-21(15(2)22(18-9-10-18)28(19)16(3)29)27-23-20(24(30)31-4)7-6-12-26-23/h6-8,11-12,15,18,21-22H,5,9-10,13H2,1-4H3,(H,26,27)/b17-8+,19-11+/t15-,21+,22-/m1/s1. The minimum Gasteiger partial charge on any atom is -0.465 e. The highest BCUT2D eigenvalue weighted by Crippen LogP contribution is 2.45. The molecule has 0 spiro atoms. The Morgan fingerprint density at radius 1 is 1.42 bits per heavy atom. The highest BCUT2D eigenvalue weighted by molar-refractivity contribution is 5.94. The number of hydrogen-bond acceptors (Lipinski definition) is 6. The number of nitriles is 1. The minimum atomic E-state index is -0.441. The van der Waals surface area contributed by atoms with Crippen molar-refractivity contribution in [2.75, 3.05) is 12.4 Å². The summed E-state index contributed by atoms with van der Waals surface area (Å²) in [6.45, 7) is 5.69. The zero-order valence-corrected chi connectivity index (χ0v) is 18.6. The van der Waals surface area contributed by atoms with Gasteiger partial charge < -0.3 is 15.0 Å². The molecular formula is C24H30N4O3. The van der Waals surface area contributed by atoms with E-state index in [4.69, 9.17) is 4.74 Å². The molecule has 1 aromatic heterocycles. The molecule has 7 nitrogen and oxygen atoms in total. The fourth-order valence-corrected chi connectivity index (χ4v) is 4.40. The molecule has 1 N–H and O–H groups in total. The minimum absolute atomic E-state index is 0.0185. The van der Waals surface area contributed by atoms with Gasteiger partial charge in [0.15, 0.2) is 0 Å². The molecule has 1 amide bonds. The van der Waals surface area contributed by atoms with Gasteiger partial charge >= 0.3 is 5.97 Å². The molecular weight excluding hydrogens is 392 g/mol. The molecule has 1 aliphatic heterocycles. The lowest BCUT2D eigenvalue weighted by atomic mass is 9.81. The van der Waals surface area contributed by atoms with Gasteiger partial charge in [0.05, 0.1) is 13.2 Å². The number of piperidine rings is 1. The summed E-state index contributed by atoms with van der Waals surface area (Å²) >= 11 is 0. The lowest BCUT2D eigenvalue weighted by molar-refractivity contribution is -0.131. The number of anilines is 1. The van der Waals surface area contributed by atoms with Gasteiger partial charge in [-0.05, 0) is 55.4 Å². The van der Waals surface area contributed by atoms with E-state index in [-0.39, 0.29) is 23.9 Å². The molecule has 0 aromatic carbocycles. The number of carbonyl (C=O) groups excluding carboxylic acids is 2. The number of nitrogens with zero attached hydrogens (tertiary/aromatic N) is 3. The van der Waals surface area contributed by atoms with E-state index in [0.29, 0.717) is 35.7 Å². The molecule has 3 atom stereocenters. The van der Waals surface area contributed by atoms with Crippen molar-refractivity contribution >= 4 is 17.7 Å². The fraction of sp³-hybridized carbons (Fsp3) is 0.500. The molecule has 0 bridgehead atoms. The highest BCUT2D eigenvalue weighted by atomic mass is 16.5. The number of likely N-dealkylation sites (tertiary alicyclic amines) is 1. The van der Waals surface area contributed by atoms with Gasteiger partial charge in [0.25, 0.3) is 0 Å². The zero-order chi connectivity index (χ0) is 22.5. The summed E-state index contributed by atoms with van der Waals surface area (Å²) in [5.74, 6) is 0.680. The van der Waals surface area contributed by atoms with Crippen molar-refractivity contribution in [2.45, 2.75) is 58.5 Å². The maximum absolute atomic E-state index is 12.6. The molecule has 31 heavy (non-hydrogen) atoms. The molecule has 2 heterocycles. The average molecular weight is 423 g/mol. The first-order valence-electron chi connectivity index (χ1n) is 10.8. The van der Waals surface area contributed by atoms with E-state index in [1.165, 1.54) is 7.11 Å². The Bertz CT molecular complexity index is 942. The monoisotopic (exact) mass is 422 g/mol. The van der Waals surface area contributed by atoms with Crippen molar-refractivity contribution in [2.24, 2.45) is 11.8 Å². The fourth-order valence-electron chi connectivity index (χ4n) is 4.40. The summed E-state index contributed by atoms with van der Waals surface area (Å²) in [6, 6.07) is 5.65. The molecule has 0 radical (unpaired) electrons. The first-order chi connectivity index (χ1) is 14.9. The average Bonchev–Trinajstić information content (AvgIpc) is 3.60. The Morgan fingerprint density at radius 2 is 2.16 bits per heavy atom. The summed E-state index contributed by atoms with van der Waals surface area (Å²) in [5, 5.41) is 12.7. The van der Waals surface area contributed by atoms with Crippen LogP contribution < -0.4 is 5.32 Å². The molecule has 1 saturated heterocycles. The van der Waals surface area contributed by atoms with Crippen LogP contribution in [-0.4, -0.2) is 41.0 Å². The van der Waals surface area contributed by atoms with Gasteiger partial charge in [-0.25, -0.2) is 9.78 Å². The van der Waals surface area contributed by atoms with E-state index < -0.39 is 5.97 Å². The summed E-state index contributed by atoms with van der Waals surface area (Å²) in [6.07, 6.45) is 8.78. The van der Waals surface area contributed by atoms with Crippen LogP contribution >= 0.6 is 0 Å². The number of methoxy groups -OCH3 is 1. The SMILES string of the molecule is CC/C(C#N)=C\C=C1/C[C@H](Nc2ncccc2C(=O)OC)[C@@H](C)[C@H](C2CC2)N1C(C)=O. The number of pyridine rings is 1. The number of aromatic nitrogens is 1. The van der Waals surface area contributed by atoms with Crippen LogP contribution in [-0.2, 0) is 9.53 Å². The van der Waals surface area contributed by atoms with Crippen LogP contribution in [0.15, 0.2) is 41.8 Å². The first kappa shape index (κ1) is 22.5. The number of rotatable bonds is 6. The van der Waals surface area contributed by atoms with Gasteiger partial charge in [-0.15, -0.1) is 0 Å². The molecule has 164 valence electrons. The van der Waals surface area contributed by atoms with Gasteiger partial charge in [-0.1, -0.05) is 13.8 Å². The maximum Gasteiger partial charge on any atom is 0.341 e. The molecule has 2 aliphatic rings. The smallest absolute Gasteiger partial charge is 0.341 e. The Hall–Kier alpha value is -3.14. The van der Waals surface area contributed by atoms with Crippen LogP contribution in [0.1, 0.15) is 56.8 Å². The third-order valence-electron chi connectivity index (χ3n) is 6.19. The third-order valence-corrected chi connectivity index (χ3v) is 6.19. The normalized spacial score (nSPS) is 25.1. The number of esters is 1. The summed E-state index contributed by atoms with van der Waals surface area (Å²) in [4.78, 5) is 31.1. The van der Waals surface area contributed by atoms with Crippen LogP contribution in [0.25, 0.3) is 0 Å². The van der Waals surface area contributed by atoms with E-state index in [9.17, 15) is 14.9 Å². The molecule has 0 unspecified atom stereocenters. The first-order valence-corrected chi connectivity index (χ1v) is 10.8. The second-order valence-corrected chi connectivity index (χ2v) is 8.24. The summed E-state index contributed by atoms with van der Waals surface area (Å²) in [7, 11) is 1.35. The van der Waals surface area contributed by atoms with Crippen molar-refractivity contribution in [3.05, 3.63) is 47.3 Å². The molecule has 2 fully saturated rings. The number of allylic oxidation sites excluding steroid dienone is 3. The Labute approximate surface area is 183 Å². The third kappa shape index (κ3) is 4.96. The topological polar surface area (TPSA) is 95.3 Å². The van der Waals surface area contributed by atoms with Crippen molar-refractivity contribution in [1.29, 1.82) is 5.26 Å². The van der Waals surface area contributed by atoms with Crippen LogP contribution in [0.5, 0.6) is 0 Å². The Balaban J connectivity index is 1.98. The Morgan fingerprint density at radius 3 is 2.74 bits per heavy atom. The van der Waals surface area contributed by atoms with Gasteiger partial charge in [-0.3, -0.25) is 4.79 Å². The predicted octanol–water partition coefficient (Wildman–Crippen LogP) is 4.06. The van der Waals surface area contributed by atoms with Gasteiger partial charge in [0, 0.05) is 42.9 Å². The van der Waals surface area contributed by atoms with E-state index in [0.717, 1.165) is 18.5 Å². The van der Waals surface area contributed by atoms with Crippen molar-refractivity contribution in [3.8, 4) is 6.07 Å². The molecule has 1 aromatic rings. The second kappa shape index (κ2) is 9.78. The number of hydrogen-bond donors (Lipinski definition) is 1. The lowest BCUT2D eigenvalue weighted by Gasteiger charge is -2.46. The van der Waals surface area contributed by atoms with Crippen molar-refractivity contribution in [3.63, 3.8) is 0 Å². The van der Waals surface area contributed by atoms with Gasteiger partial charge in [0.1, 0.15) is 11.4 Å². The Kier molecular flexibility index (Phi) is 7.11. The summed E-state index contributed by atoms with van der Waals surface area (Å²) < 4.78 is 4.90.